The van der Waals surface area contributed by atoms with Crippen molar-refractivity contribution in [2.45, 2.75) is 18.9 Å². The minimum atomic E-state index is -4.67. The third kappa shape index (κ3) is 2.56. The van der Waals surface area contributed by atoms with E-state index >= 15 is 0 Å². The maximum Gasteiger partial charge on any atom is 0.384 e. The first kappa shape index (κ1) is 13.8. The van der Waals surface area contributed by atoms with Gasteiger partial charge in [-0.05, 0) is 11.6 Å². The van der Waals surface area contributed by atoms with Gasteiger partial charge >= 0.3 is 18.3 Å². The summed E-state index contributed by atoms with van der Waals surface area (Å²) in [7, 11) is 0. The van der Waals surface area contributed by atoms with Crippen molar-refractivity contribution in [1.29, 1.82) is 0 Å². The molecule has 2 rings (SSSR count). The van der Waals surface area contributed by atoms with Gasteiger partial charge in [0.25, 0.3) is 0 Å². The van der Waals surface area contributed by atoms with Crippen molar-refractivity contribution < 1.29 is 22.4 Å². The van der Waals surface area contributed by atoms with Crippen LogP contribution in [-0.2, 0) is 11.3 Å². The molecule has 1 aliphatic heterocycles. The van der Waals surface area contributed by atoms with E-state index in [1.807, 2.05) is 0 Å². The molecular formula is C12H12F4N2O. The number of rotatable bonds is 2. The van der Waals surface area contributed by atoms with Gasteiger partial charge in [0.1, 0.15) is 0 Å². The lowest BCUT2D eigenvalue weighted by molar-refractivity contribution is -0.166. The third-order valence-corrected chi connectivity index (χ3v) is 2.91. The first-order valence-electron chi connectivity index (χ1n) is 5.71. The van der Waals surface area contributed by atoms with Gasteiger partial charge in [-0.25, -0.2) is 8.78 Å². The molecule has 1 aliphatic rings. The summed E-state index contributed by atoms with van der Waals surface area (Å²) in [5.41, 5.74) is 0.872. The fourth-order valence-electron chi connectivity index (χ4n) is 1.94. The first-order chi connectivity index (χ1) is 8.94. The summed E-state index contributed by atoms with van der Waals surface area (Å²) in [6, 6.07) is 6.40. The lowest BCUT2D eigenvalue weighted by Crippen LogP contribution is -2.49. The molecule has 0 saturated heterocycles. The number of halogens is 4. The van der Waals surface area contributed by atoms with Crippen molar-refractivity contribution in [3.63, 3.8) is 0 Å². The van der Waals surface area contributed by atoms with E-state index in [4.69, 9.17) is 0 Å². The molecule has 1 aromatic carbocycles. The molecule has 104 valence electrons. The summed E-state index contributed by atoms with van der Waals surface area (Å²) in [6.45, 7) is 0.595. The molecule has 0 saturated carbocycles. The van der Waals surface area contributed by atoms with Crippen LogP contribution in [0, 0.1) is 0 Å². The third-order valence-electron chi connectivity index (χ3n) is 2.91. The van der Waals surface area contributed by atoms with Gasteiger partial charge in [-0.1, -0.05) is 18.2 Å². The zero-order valence-corrected chi connectivity index (χ0v) is 9.88. The topological polar surface area (TPSA) is 32.3 Å². The molecule has 0 atom stereocenters. The number of benzene rings is 1. The van der Waals surface area contributed by atoms with Crippen molar-refractivity contribution in [3.8, 4) is 0 Å². The van der Waals surface area contributed by atoms with Crippen LogP contribution in [0.4, 0.5) is 23.2 Å². The van der Waals surface area contributed by atoms with Crippen LogP contribution in [0.1, 0.15) is 5.56 Å². The minimum Gasteiger partial charge on any atom is -0.311 e. The number of carbonyl (C=O) groups is 1. The number of amides is 1. The van der Waals surface area contributed by atoms with Gasteiger partial charge in [-0.15, -0.1) is 0 Å². The Hall–Kier alpha value is -1.63. The standard InChI is InChI=1S/C12H12F4N2O/c13-10(14)12(15,16)11(19)18-6-5-17-7-8-3-1-2-4-9(8)18/h1-4,10,17H,5-7H2. The first-order valence-corrected chi connectivity index (χ1v) is 5.71. The van der Waals surface area contributed by atoms with Crippen LogP contribution < -0.4 is 10.2 Å². The molecule has 0 spiro atoms. The summed E-state index contributed by atoms with van der Waals surface area (Å²) in [4.78, 5) is 12.4. The number of nitrogens with one attached hydrogen (secondary N) is 1. The van der Waals surface area contributed by atoms with Gasteiger partial charge in [0, 0.05) is 25.3 Å². The highest BCUT2D eigenvalue weighted by atomic mass is 19.3. The van der Waals surface area contributed by atoms with E-state index in [9.17, 15) is 22.4 Å². The quantitative estimate of drug-likeness (QED) is 0.838. The van der Waals surface area contributed by atoms with Gasteiger partial charge in [-0.3, -0.25) is 4.79 Å². The molecule has 0 aliphatic carbocycles. The Bertz CT molecular complexity index is 479. The number of hydrogen-bond donors (Lipinski definition) is 1. The minimum absolute atomic E-state index is 0.0713. The molecule has 0 unspecified atom stereocenters. The van der Waals surface area contributed by atoms with E-state index in [2.05, 4.69) is 5.32 Å². The molecule has 1 amide bonds. The summed E-state index contributed by atoms with van der Waals surface area (Å²) in [5.74, 6) is -6.53. The number of anilines is 1. The average Bonchev–Trinajstić information content (AvgIpc) is 2.59. The monoisotopic (exact) mass is 276 g/mol. The predicted octanol–water partition coefficient (Wildman–Crippen LogP) is 2.02. The maximum atomic E-state index is 13.2. The number of nitrogens with zero attached hydrogens (tertiary/aromatic N) is 1. The second-order valence-corrected chi connectivity index (χ2v) is 4.19. The Balaban J connectivity index is 2.37. The van der Waals surface area contributed by atoms with Crippen LogP contribution in [0.3, 0.4) is 0 Å². The Kier molecular flexibility index (Phi) is 3.75. The number of alkyl halides is 4. The molecule has 3 nitrogen and oxygen atoms in total. The smallest absolute Gasteiger partial charge is 0.311 e. The highest BCUT2D eigenvalue weighted by Crippen LogP contribution is 2.30. The molecule has 1 heterocycles. The van der Waals surface area contributed by atoms with Crippen LogP contribution in [0.15, 0.2) is 24.3 Å². The van der Waals surface area contributed by atoms with Crippen LogP contribution in [0.5, 0.6) is 0 Å². The largest absolute Gasteiger partial charge is 0.384 e. The number of fused-ring (bicyclic) bond motifs is 1. The zero-order chi connectivity index (χ0) is 14.0. The molecular weight excluding hydrogens is 264 g/mol. The van der Waals surface area contributed by atoms with Gasteiger partial charge in [-0.2, -0.15) is 8.78 Å². The molecule has 0 aromatic heterocycles. The summed E-state index contributed by atoms with van der Waals surface area (Å²) < 4.78 is 50.9. The molecule has 1 N–H and O–H groups in total. The molecule has 1 aromatic rings. The van der Waals surface area contributed by atoms with Crippen LogP contribution in [0.25, 0.3) is 0 Å². The molecule has 0 fully saturated rings. The second kappa shape index (κ2) is 5.16. The Morgan fingerprint density at radius 3 is 2.68 bits per heavy atom. The van der Waals surface area contributed by atoms with E-state index in [1.54, 1.807) is 18.2 Å². The van der Waals surface area contributed by atoms with Crippen molar-refractivity contribution in [1.82, 2.24) is 5.32 Å². The van der Waals surface area contributed by atoms with Crippen LogP contribution in [-0.4, -0.2) is 31.3 Å². The SMILES string of the molecule is O=C(N1CCNCc2ccccc21)C(F)(F)C(F)F. The van der Waals surface area contributed by atoms with Crippen molar-refractivity contribution in [2.75, 3.05) is 18.0 Å². The molecule has 0 radical (unpaired) electrons. The lowest BCUT2D eigenvalue weighted by atomic mass is 10.1. The summed E-state index contributed by atoms with van der Waals surface area (Å²) >= 11 is 0. The Labute approximate surface area is 107 Å². The molecule has 19 heavy (non-hydrogen) atoms. The number of para-hydroxylation sites is 1. The van der Waals surface area contributed by atoms with E-state index in [-0.39, 0.29) is 18.8 Å². The van der Waals surface area contributed by atoms with Crippen LogP contribution >= 0.6 is 0 Å². The number of hydrogen-bond acceptors (Lipinski definition) is 2. The Morgan fingerprint density at radius 1 is 1.32 bits per heavy atom. The normalized spacial score (nSPS) is 16.2. The summed E-state index contributed by atoms with van der Waals surface area (Å²) in [5, 5.41) is 2.94. The molecule has 7 heteroatoms. The lowest BCUT2D eigenvalue weighted by Gasteiger charge is -2.26. The van der Waals surface area contributed by atoms with E-state index < -0.39 is 18.3 Å². The van der Waals surface area contributed by atoms with Gasteiger partial charge in [0.2, 0.25) is 0 Å². The maximum absolute atomic E-state index is 13.2. The van der Waals surface area contributed by atoms with E-state index in [0.717, 1.165) is 4.90 Å². The van der Waals surface area contributed by atoms with Gasteiger partial charge < -0.3 is 10.2 Å². The highest BCUT2D eigenvalue weighted by Gasteiger charge is 2.51. The summed E-state index contributed by atoms with van der Waals surface area (Å²) in [6.07, 6.45) is -4.01. The Morgan fingerprint density at radius 2 is 2.00 bits per heavy atom. The van der Waals surface area contributed by atoms with Gasteiger partial charge in [0.05, 0.1) is 0 Å². The molecule has 0 bridgehead atoms. The fourth-order valence-corrected chi connectivity index (χ4v) is 1.94. The van der Waals surface area contributed by atoms with Crippen molar-refractivity contribution in [3.05, 3.63) is 29.8 Å². The second-order valence-electron chi connectivity index (χ2n) is 4.19. The van der Waals surface area contributed by atoms with Crippen LogP contribution in [0.2, 0.25) is 0 Å². The van der Waals surface area contributed by atoms with E-state index in [1.165, 1.54) is 6.07 Å². The number of carbonyl (C=O) groups excluding carboxylic acids is 1. The van der Waals surface area contributed by atoms with Crippen molar-refractivity contribution >= 4 is 11.6 Å². The zero-order valence-electron chi connectivity index (χ0n) is 9.88. The fraction of sp³-hybridized carbons (Fsp3) is 0.417. The predicted molar refractivity (Wildman–Crippen MR) is 61.5 cm³/mol. The average molecular weight is 276 g/mol. The van der Waals surface area contributed by atoms with E-state index in [0.29, 0.717) is 12.1 Å². The van der Waals surface area contributed by atoms with Gasteiger partial charge in [0.15, 0.2) is 0 Å². The highest BCUT2D eigenvalue weighted by molar-refractivity contribution is 5.99. The van der Waals surface area contributed by atoms with Crippen molar-refractivity contribution in [2.24, 2.45) is 0 Å².